The molecular formula is C22H18Co2N6S2. The van der Waals surface area contributed by atoms with Crippen molar-refractivity contribution in [2.45, 2.75) is 0 Å². The standard InChI is InChI=1S/2C11H9N3S.2Co/c2*12-11(15)10-6-3-5-9(14-10)8-4-1-2-7-13-8;;/h2*1-7H,(H2,12,15);;. The van der Waals surface area contributed by atoms with Crippen molar-refractivity contribution in [3.8, 4) is 22.8 Å². The fraction of sp³-hybridized carbons (Fsp3) is 0. The number of hydrogen-bond donors (Lipinski definition) is 2. The molecule has 0 amide bonds. The van der Waals surface area contributed by atoms with Crippen molar-refractivity contribution in [3.63, 3.8) is 0 Å². The van der Waals surface area contributed by atoms with Crippen LogP contribution >= 0.6 is 24.4 Å². The van der Waals surface area contributed by atoms with Crippen molar-refractivity contribution in [1.29, 1.82) is 0 Å². The Kier molecular flexibility index (Phi) is 11.8. The minimum Gasteiger partial charge on any atom is -0.388 e. The van der Waals surface area contributed by atoms with Gasteiger partial charge in [0.1, 0.15) is 9.98 Å². The van der Waals surface area contributed by atoms with E-state index in [-0.39, 0.29) is 33.6 Å². The third-order valence-corrected chi connectivity index (χ3v) is 4.28. The van der Waals surface area contributed by atoms with E-state index in [4.69, 9.17) is 35.9 Å². The Morgan fingerprint density at radius 2 is 0.906 bits per heavy atom. The average Bonchev–Trinajstić information content (AvgIpc) is 2.81. The van der Waals surface area contributed by atoms with Crippen LogP contribution in [0.3, 0.4) is 0 Å². The molecule has 0 saturated heterocycles. The van der Waals surface area contributed by atoms with E-state index in [1.54, 1.807) is 24.5 Å². The molecule has 0 aliphatic rings. The van der Waals surface area contributed by atoms with Crippen LogP contribution in [-0.4, -0.2) is 29.9 Å². The fourth-order valence-corrected chi connectivity index (χ4v) is 2.69. The van der Waals surface area contributed by atoms with Gasteiger partial charge in [-0.1, -0.05) is 48.7 Å². The number of nitrogens with two attached hydrogens (primary N) is 2. The van der Waals surface area contributed by atoms with Crippen molar-refractivity contribution >= 4 is 34.4 Å². The van der Waals surface area contributed by atoms with Gasteiger partial charge >= 0.3 is 0 Å². The van der Waals surface area contributed by atoms with Crippen molar-refractivity contribution in [2.24, 2.45) is 11.5 Å². The molecule has 0 atom stereocenters. The Morgan fingerprint density at radius 1 is 0.531 bits per heavy atom. The van der Waals surface area contributed by atoms with Crippen molar-refractivity contribution in [3.05, 3.63) is 96.6 Å². The molecule has 4 N–H and O–H groups in total. The van der Waals surface area contributed by atoms with Gasteiger partial charge in [-0.05, 0) is 48.5 Å². The molecule has 166 valence electrons. The van der Waals surface area contributed by atoms with Crippen LogP contribution in [0, 0.1) is 0 Å². The summed E-state index contributed by atoms with van der Waals surface area (Å²) in [6.07, 6.45) is 3.45. The van der Waals surface area contributed by atoms with Crippen LogP contribution in [0.1, 0.15) is 11.4 Å². The van der Waals surface area contributed by atoms with Crippen LogP contribution in [0.2, 0.25) is 0 Å². The second kappa shape index (κ2) is 13.7. The molecule has 10 heteroatoms. The van der Waals surface area contributed by atoms with Crippen molar-refractivity contribution in [2.75, 3.05) is 0 Å². The Balaban J connectivity index is 0.000000301. The van der Waals surface area contributed by atoms with Gasteiger partial charge in [0.2, 0.25) is 0 Å². The van der Waals surface area contributed by atoms with E-state index in [1.807, 2.05) is 60.7 Å². The first-order chi connectivity index (χ1) is 14.5. The number of rotatable bonds is 4. The Labute approximate surface area is 217 Å². The van der Waals surface area contributed by atoms with Gasteiger partial charge in [-0.15, -0.1) is 0 Å². The summed E-state index contributed by atoms with van der Waals surface area (Å²) >= 11 is 9.73. The first kappa shape index (κ1) is 27.4. The van der Waals surface area contributed by atoms with E-state index in [9.17, 15) is 0 Å². The Bertz CT molecular complexity index is 1070. The molecule has 0 aliphatic heterocycles. The molecular weight excluding hydrogens is 530 g/mol. The van der Waals surface area contributed by atoms with Gasteiger partial charge in [0.15, 0.2) is 0 Å². The van der Waals surface area contributed by atoms with Gasteiger partial charge in [-0.3, -0.25) is 9.97 Å². The van der Waals surface area contributed by atoms with Gasteiger partial charge < -0.3 is 11.5 Å². The molecule has 4 heterocycles. The normalized spacial score (nSPS) is 9.25. The fourth-order valence-electron chi connectivity index (χ4n) is 2.46. The summed E-state index contributed by atoms with van der Waals surface area (Å²) in [5.41, 5.74) is 15.4. The molecule has 0 unspecified atom stereocenters. The summed E-state index contributed by atoms with van der Waals surface area (Å²) in [6.45, 7) is 0. The smallest absolute Gasteiger partial charge is 0.122 e. The molecule has 0 fully saturated rings. The summed E-state index contributed by atoms with van der Waals surface area (Å²) in [6, 6.07) is 22.4. The van der Waals surface area contributed by atoms with E-state index in [2.05, 4.69) is 19.9 Å². The number of thiocarbonyl (C=S) groups is 2. The third kappa shape index (κ3) is 7.82. The molecule has 0 aromatic carbocycles. The van der Waals surface area contributed by atoms with E-state index in [0.29, 0.717) is 21.4 Å². The van der Waals surface area contributed by atoms with E-state index in [0.717, 1.165) is 22.8 Å². The molecule has 4 rings (SSSR count). The van der Waals surface area contributed by atoms with Gasteiger partial charge in [-0.25, -0.2) is 9.97 Å². The SMILES string of the molecule is NC(=S)c1cccc(-c2ccccn2)n1.NC(=S)c1cccc(-c2ccccn2)n1.[Co].[Co]. The molecule has 0 aliphatic carbocycles. The molecule has 2 radical (unpaired) electrons. The maximum absolute atomic E-state index is 5.51. The van der Waals surface area contributed by atoms with E-state index in [1.165, 1.54) is 0 Å². The quantitative estimate of drug-likeness (QED) is 0.374. The zero-order chi connectivity index (χ0) is 21.3. The molecule has 4 aromatic rings. The monoisotopic (exact) mass is 548 g/mol. The zero-order valence-corrected chi connectivity index (χ0v) is 20.2. The van der Waals surface area contributed by atoms with Crippen LogP contribution in [0.5, 0.6) is 0 Å². The summed E-state index contributed by atoms with van der Waals surface area (Å²) in [5.74, 6) is 0. The molecule has 0 spiro atoms. The number of pyridine rings is 4. The van der Waals surface area contributed by atoms with Crippen LogP contribution in [-0.2, 0) is 33.6 Å². The minimum atomic E-state index is 0. The summed E-state index contributed by atoms with van der Waals surface area (Å²) in [4.78, 5) is 17.6. The Hall–Kier alpha value is -2.61. The predicted octanol–water partition coefficient (Wildman–Crippen LogP) is 3.55. The molecule has 0 bridgehead atoms. The maximum atomic E-state index is 5.51. The zero-order valence-electron chi connectivity index (χ0n) is 16.5. The van der Waals surface area contributed by atoms with Gasteiger partial charge in [-0.2, -0.15) is 0 Å². The molecule has 6 nitrogen and oxygen atoms in total. The second-order valence-electron chi connectivity index (χ2n) is 5.97. The minimum absolute atomic E-state index is 0. The third-order valence-electron chi connectivity index (χ3n) is 3.86. The number of hydrogen-bond acceptors (Lipinski definition) is 6. The van der Waals surface area contributed by atoms with E-state index >= 15 is 0 Å². The van der Waals surface area contributed by atoms with E-state index < -0.39 is 0 Å². The van der Waals surface area contributed by atoms with Gasteiger partial charge in [0.25, 0.3) is 0 Å². The summed E-state index contributed by atoms with van der Waals surface area (Å²) < 4.78 is 0. The molecule has 32 heavy (non-hydrogen) atoms. The number of nitrogens with zero attached hydrogens (tertiary/aromatic N) is 4. The predicted molar refractivity (Wildman–Crippen MR) is 127 cm³/mol. The van der Waals surface area contributed by atoms with Crippen LogP contribution < -0.4 is 11.5 Å². The molecule has 0 saturated carbocycles. The average molecular weight is 548 g/mol. The topological polar surface area (TPSA) is 104 Å². The largest absolute Gasteiger partial charge is 0.388 e. The Morgan fingerprint density at radius 3 is 1.22 bits per heavy atom. The van der Waals surface area contributed by atoms with Gasteiger partial charge in [0.05, 0.1) is 34.2 Å². The summed E-state index contributed by atoms with van der Waals surface area (Å²) in [7, 11) is 0. The van der Waals surface area contributed by atoms with Crippen LogP contribution in [0.25, 0.3) is 22.8 Å². The molecule has 4 aromatic heterocycles. The second-order valence-corrected chi connectivity index (χ2v) is 6.85. The van der Waals surface area contributed by atoms with Gasteiger partial charge in [0, 0.05) is 46.0 Å². The number of aromatic nitrogens is 4. The van der Waals surface area contributed by atoms with Crippen molar-refractivity contribution in [1.82, 2.24) is 19.9 Å². The van der Waals surface area contributed by atoms with Crippen molar-refractivity contribution < 1.29 is 33.6 Å². The first-order valence-electron chi connectivity index (χ1n) is 8.91. The summed E-state index contributed by atoms with van der Waals surface area (Å²) in [5, 5.41) is 0. The first-order valence-corrected chi connectivity index (χ1v) is 9.73. The van der Waals surface area contributed by atoms with Crippen LogP contribution in [0.4, 0.5) is 0 Å². The van der Waals surface area contributed by atoms with Crippen LogP contribution in [0.15, 0.2) is 85.2 Å². The maximum Gasteiger partial charge on any atom is 0.122 e.